The molecule has 2 aromatic heterocycles. The van der Waals surface area contributed by atoms with Gasteiger partial charge in [-0.15, -0.1) is 0 Å². The zero-order chi connectivity index (χ0) is 21.1. The molecule has 4 fully saturated rings. The van der Waals surface area contributed by atoms with Crippen molar-refractivity contribution in [3.05, 3.63) is 66.2 Å². The van der Waals surface area contributed by atoms with Crippen molar-refractivity contribution in [3.63, 3.8) is 0 Å². The molecule has 7 rings (SSSR count). The van der Waals surface area contributed by atoms with Gasteiger partial charge in [-0.25, -0.2) is 0 Å². The summed E-state index contributed by atoms with van der Waals surface area (Å²) in [5.74, 6) is 0.898. The van der Waals surface area contributed by atoms with E-state index >= 15 is 0 Å². The highest BCUT2D eigenvalue weighted by atomic mass is 16.3. The van der Waals surface area contributed by atoms with Crippen molar-refractivity contribution in [2.45, 2.75) is 49.6 Å². The number of benzene rings is 1. The summed E-state index contributed by atoms with van der Waals surface area (Å²) in [5.41, 5.74) is 1.35. The van der Waals surface area contributed by atoms with Crippen LogP contribution in [0.5, 0.6) is 0 Å². The van der Waals surface area contributed by atoms with E-state index in [-0.39, 0.29) is 22.9 Å². The molecule has 2 unspecified atom stereocenters. The lowest BCUT2D eigenvalue weighted by atomic mass is 9.49. The largest absolute Gasteiger partial charge is 0.464 e. The van der Waals surface area contributed by atoms with E-state index in [1.807, 2.05) is 36.4 Å². The summed E-state index contributed by atoms with van der Waals surface area (Å²) in [7, 11) is 0. The number of amides is 2. The van der Waals surface area contributed by atoms with Crippen molar-refractivity contribution < 1.29 is 14.0 Å². The number of aromatic nitrogens is 1. The molecule has 2 atom stereocenters. The molecule has 2 heterocycles. The zero-order valence-electron chi connectivity index (χ0n) is 17.3. The van der Waals surface area contributed by atoms with Crippen LogP contribution in [0.1, 0.15) is 59.4 Å². The number of carbonyl (C=O) groups is 2. The van der Waals surface area contributed by atoms with Gasteiger partial charge in [0.2, 0.25) is 0 Å². The normalized spacial score (nSPS) is 31.0. The number of nitrogens with zero attached hydrogens (tertiary/aromatic N) is 1. The summed E-state index contributed by atoms with van der Waals surface area (Å²) in [5, 5.41) is 7.66. The van der Waals surface area contributed by atoms with E-state index in [2.05, 4.69) is 15.6 Å². The lowest BCUT2D eigenvalue weighted by Gasteiger charge is -2.62. The Bertz CT molecular complexity index is 1150. The van der Waals surface area contributed by atoms with E-state index in [1.54, 1.807) is 18.5 Å². The van der Waals surface area contributed by atoms with E-state index in [4.69, 9.17) is 4.42 Å². The fourth-order valence-corrected chi connectivity index (χ4v) is 6.78. The topological polar surface area (TPSA) is 84.2 Å². The first-order chi connectivity index (χ1) is 15.0. The molecular weight excluding hydrogens is 390 g/mol. The maximum absolute atomic E-state index is 13.2. The highest BCUT2D eigenvalue weighted by Crippen LogP contribution is 2.57. The summed E-state index contributed by atoms with van der Waals surface area (Å²) >= 11 is 0. The smallest absolute Gasteiger partial charge is 0.270 e. The van der Waals surface area contributed by atoms with Gasteiger partial charge in [0, 0.05) is 28.2 Å². The van der Waals surface area contributed by atoms with Gasteiger partial charge in [0.25, 0.3) is 11.8 Å². The van der Waals surface area contributed by atoms with E-state index in [0.717, 1.165) is 43.1 Å². The van der Waals surface area contributed by atoms with Gasteiger partial charge < -0.3 is 15.1 Å². The van der Waals surface area contributed by atoms with Crippen LogP contribution in [0.3, 0.4) is 0 Å². The fraction of sp³-hybridized carbons (Fsp3) is 0.400. The number of hydrogen-bond donors (Lipinski definition) is 2. The van der Waals surface area contributed by atoms with E-state index in [9.17, 15) is 9.59 Å². The lowest BCUT2D eigenvalue weighted by Crippen LogP contribution is -2.69. The Kier molecular flexibility index (Phi) is 4.01. The number of furan rings is 1. The summed E-state index contributed by atoms with van der Waals surface area (Å²) in [6.07, 6.45) is 9.22. The molecule has 6 nitrogen and oxygen atoms in total. The maximum atomic E-state index is 13.2. The van der Waals surface area contributed by atoms with Crippen LogP contribution in [0, 0.1) is 11.8 Å². The molecule has 3 aromatic rings. The number of carbonyl (C=O) groups excluding carboxylic acids is 2. The minimum absolute atomic E-state index is 0.0451. The Morgan fingerprint density at radius 1 is 0.935 bits per heavy atom. The van der Waals surface area contributed by atoms with Gasteiger partial charge in [-0.1, -0.05) is 6.07 Å². The number of nitrogens with one attached hydrogen (secondary N) is 2. The minimum Gasteiger partial charge on any atom is -0.464 e. The Labute approximate surface area is 180 Å². The molecular formula is C25H25N3O3. The molecule has 6 heteroatoms. The average molecular weight is 415 g/mol. The summed E-state index contributed by atoms with van der Waals surface area (Å²) in [6.45, 7) is 0. The number of pyridine rings is 1. The molecule has 0 saturated heterocycles. The third-order valence-corrected chi connectivity index (χ3v) is 7.43. The van der Waals surface area contributed by atoms with Crippen LogP contribution < -0.4 is 10.6 Å². The molecule has 4 saturated carbocycles. The lowest BCUT2D eigenvalue weighted by molar-refractivity contribution is -0.0448. The fourth-order valence-electron chi connectivity index (χ4n) is 6.78. The molecule has 4 aliphatic rings. The molecule has 31 heavy (non-hydrogen) atoms. The Morgan fingerprint density at radius 3 is 2.39 bits per heavy atom. The Morgan fingerprint density at radius 2 is 1.68 bits per heavy atom. The van der Waals surface area contributed by atoms with Crippen LogP contribution in [0.15, 0.2) is 59.3 Å². The number of rotatable bonds is 4. The van der Waals surface area contributed by atoms with E-state index < -0.39 is 0 Å². The average Bonchev–Trinajstić information content (AvgIpc) is 3.20. The molecule has 0 aliphatic heterocycles. The summed E-state index contributed by atoms with van der Waals surface area (Å²) in [4.78, 5) is 30.3. The number of hydrogen-bond acceptors (Lipinski definition) is 4. The van der Waals surface area contributed by atoms with Crippen LogP contribution >= 0.6 is 0 Å². The first-order valence-electron chi connectivity index (χ1n) is 11.0. The minimum atomic E-state index is -0.263. The van der Waals surface area contributed by atoms with Gasteiger partial charge >= 0.3 is 0 Å². The quantitative estimate of drug-likeness (QED) is 0.673. The van der Waals surface area contributed by atoms with Gasteiger partial charge in [0.1, 0.15) is 11.3 Å². The third kappa shape index (κ3) is 3.21. The predicted molar refractivity (Wildman–Crippen MR) is 116 cm³/mol. The molecule has 4 bridgehead atoms. The van der Waals surface area contributed by atoms with Crippen molar-refractivity contribution in [2.75, 3.05) is 0 Å². The molecule has 0 spiro atoms. The zero-order valence-corrected chi connectivity index (χ0v) is 17.3. The van der Waals surface area contributed by atoms with Crippen LogP contribution in [0.4, 0.5) is 0 Å². The molecule has 1 aromatic carbocycles. The standard InChI is InChI=1S/C25H25N3O3/c29-22(19-4-5-21-18(10-19)6-8-31-21)27-24-11-16-9-17(12-24)14-25(13-16,15-24)28-23(30)20-3-1-2-7-26-20/h1-8,10,16-17H,9,11-15H2,(H,27,29)(H,28,30). The monoisotopic (exact) mass is 415 g/mol. The van der Waals surface area contributed by atoms with Crippen molar-refractivity contribution in [1.29, 1.82) is 0 Å². The highest BCUT2D eigenvalue weighted by molar-refractivity contribution is 5.98. The first kappa shape index (κ1) is 18.6. The Hall–Kier alpha value is -3.15. The van der Waals surface area contributed by atoms with E-state index in [0.29, 0.717) is 23.1 Å². The summed E-state index contributed by atoms with van der Waals surface area (Å²) in [6, 6.07) is 12.8. The second-order valence-electron chi connectivity index (χ2n) is 9.82. The van der Waals surface area contributed by atoms with Crippen LogP contribution in [0.25, 0.3) is 11.0 Å². The van der Waals surface area contributed by atoms with Crippen molar-refractivity contribution >= 4 is 22.8 Å². The second kappa shape index (κ2) is 6.67. The van der Waals surface area contributed by atoms with Gasteiger partial charge in [-0.3, -0.25) is 14.6 Å². The molecule has 158 valence electrons. The van der Waals surface area contributed by atoms with Crippen molar-refractivity contribution in [2.24, 2.45) is 11.8 Å². The predicted octanol–water partition coefficient (Wildman–Crippen LogP) is 4.08. The number of fused-ring (bicyclic) bond motifs is 1. The van der Waals surface area contributed by atoms with Crippen molar-refractivity contribution in [3.8, 4) is 0 Å². The van der Waals surface area contributed by atoms with Gasteiger partial charge in [-0.2, -0.15) is 0 Å². The second-order valence-corrected chi connectivity index (χ2v) is 9.82. The maximum Gasteiger partial charge on any atom is 0.270 e. The van der Waals surface area contributed by atoms with Gasteiger partial charge in [0.05, 0.1) is 6.26 Å². The van der Waals surface area contributed by atoms with Crippen LogP contribution in [0.2, 0.25) is 0 Å². The summed E-state index contributed by atoms with van der Waals surface area (Å²) < 4.78 is 5.40. The first-order valence-corrected chi connectivity index (χ1v) is 11.0. The molecule has 4 aliphatic carbocycles. The SMILES string of the molecule is O=C(NC12CC3CC(C1)CC(NC(=O)c1ccccn1)(C3)C2)c1ccc2occc2c1. The molecule has 2 N–H and O–H groups in total. The Balaban J connectivity index is 1.25. The van der Waals surface area contributed by atoms with Gasteiger partial charge in [0.15, 0.2) is 0 Å². The highest BCUT2D eigenvalue weighted by Gasteiger charge is 2.58. The molecule has 2 amide bonds. The molecule has 0 radical (unpaired) electrons. The van der Waals surface area contributed by atoms with Crippen LogP contribution in [-0.4, -0.2) is 27.9 Å². The van der Waals surface area contributed by atoms with E-state index in [1.165, 1.54) is 6.42 Å². The van der Waals surface area contributed by atoms with Crippen molar-refractivity contribution in [1.82, 2.24) is 15.6 Å². The third-order valence-electron chi connectivity index (χ3n) is 7.43. The van der Waals surface area contributed by atoms with Gasteiger partial charge in [-0.05, 0) is 86.8 Å². The van der Waals surface area contributed by atoms with Crippen LogP contribution in [-0.2, 0) is 0 Å².